The van der Waals surface area contributed by atoms with E-state index in [1.807, 2.05) is 19.0 Å². The Balaban J connectivity index is 0.00000102. The van der Waals surface area contributed by atoms with Crippen molar-refractivity contribution in [2.75, 3.05) is 46.9 Å². The van der Waals surface area contributed by atoms with Crippen LogP contribution in [0.1, 0.15) is 19.8 Å². The maximum absolute atomic E-state index is 12.3. The molecule has 0 aromatic heterocycles. The van der Waals surface area contributed by atoms with Crippen LogP contribution >= 0.6 is 23.2 Å². The Morgan fingerprint density at radius 2 is 1.56 bits per heavy atom. The van der Waals surface area contributed by atoms with Crippen LogP contribution < -0.4 is 10.1 Å². The van der Waals surface area contributed by atoms with Gasteiger partial charge in [0.1, 0.15) is 12.4 Å². The normalized spacial score (nSPS) is 10.4. The average Bonchev–Trinajstić information content (AvgIpc) is 2.68. The van der Waals surface area contributed by atoms with Crippen LogP contribution in [0, 0.1) is 0 Å². The standard InChI is InChI=1S/C17H27Cl2N3O2.C4H4O4/c1-4-5-7-22(17(23)20-6-8-21(2)3)9-10-24-16-12-14(18)11-15(19)13-16;5-3(6)1-2-4(7)8/h11-13H,4-10H2,1-3H3,(H,20,23);1-2H,(H,5,6)(H,7,8). The fourth-order valence-electron chi connectivity index (χ4n) is 2.19. The zero-order chi connectivity index (χ0) is 24.5. The van der Waals surface area contributed by atoms with Crippen molar-refractivity contribution >= 4 is 41.2 Å². The van der Waals surface area contributed by atoms with Crippen molar-refractivity contribution in [1.29, 1.82) is 0 Å². The summed E-state index contributed by atoms with van der Waals surface area (Å²) >= 11 is 11.9. The van der Waals surface area contributed by atoms with E-state index in [4.69, 9.17) is 38.2 Å². The van der Waals surface area contributed by atoms with Crippen LogP contribution in [0.15, 0.2) is 30.4 Å². The molecule has 0 saturated heterocycles. The van der Waals surface area contributed by atoms with Gasteiger partial charge in [-0.05, 0) is 38.7 Å². The van der Waals surface area contributed by atoms with E-state index in [-0.39, 0.29) is 6.03 Å². The molecule has 0 aliphatic carbocycles. The molecule has 0 atom stereocenters. The number of carboxylic acids is 2. The van der Waals surface area contributed by atoms with Gasteiger partial charge in [0.15, 0.2) is 0 Å². The first kappa shape index (κ1) is 29.5. The summed E-state index contributed by atoms with van der Waals surface area (Å²) in [6.07, 6.45) is 3.11. The fourth-order valence-corrected chi connectivity index (χ4v) is 2.70. The molecule has 0 aliphatic heterocycles. The van der Waals surface area contributed by atoms with Gasteiger partial charge in [-0.1, -0.05) is 36.5 Å². The van der Waals surface area contributed by atoms with Crippen molar-refractivity contribution in [3.05, 3.63) is 40.4 Å². The topological polar surface area (TPSA) is 119 Å². The van der Waals surface area contributed by atoms with Crippen LogP contribution in [0.2, 0.25) is 10.0 Å². The van der Waals surface area contributed by atoms with Crippen LogP contribution in [-0.4, -0.2) is 84.9 Å². The Kier molecular flexibility index (Phi) is 15.8. The van der Waals surface area contributed by atoms with Gasteiger partial charge >= 0.3 is 18.0 Å². The van der Waals surface area contributed by atoms with E-state index < -0.39 is 11.9 Å². The van der Waals surface area contributed by atoms with Gasteiger partial charge < -0.3 is 30.1 Å². The molecule has 3 N–H and O–H groups in total. The highest BCUT2D eigenvalue weighted by atomic mass is 35.5. The lowest BCUT2D eigenvalue weighted by molar-refractivity contribution is -0.134. The zero-order valence-electron chi connectivity index (χ0n) is 18.5. The Hall–Kier alpha value is -2.49. The van der Waals surface area contributed by atoms with Crippen molar-refractivity contribution in [3.63, 3.8) is 0 Å². The van der Waals surface area contributed by atoms with Gasteiger partial charge in [0.2, 0.25) is 0 Å². The van der Waals surface area contributed by atoms with Gasteiger partial charge in [0, 0.05) is 41.8 Å². The summed E-state index contributed by atoms with van der Waals surface area (Å²) in [5, 5.41) is 19.6. The lowest BCUT2D eigenvalue weighted by atomic mass is 10.3. The van der Waals surface area contributed by atoms with Crippen LogP contribution in [0.25, 0.3) is 0 Å². The number of carboxylic acid groups (broad SMARTS) is 2. The molecule has 0 spiro atoms. The van der Waals surface area contributed by atoms with Gasteiger partial charge in [0.05, 0.1) is 6.54 Å². The number of rotatable bonds is 12. The molecule has 180 valence electrons. The molecule has 9 nitrogen and oxygen atoms in total. The number of hydrogen-bond acceptors (Lipinski definition) is 5. The Morgan fingerprint density at radius 3 is 2.03 bits per heavy atom. The predicted molar refractivity (Wildman–Crippen MR) is 125 cm³/mol. The Morgan fingerprint density at radius 1 is 1.00 bits per heavy atom. The monoisotopic (exact) mass is 491 g/mol. The first-order valence-electron chi connectivity index (χ1n) is 9.95. The predicted octanol–water partition coefficient (Wildman–Crippen LogP) is 3.46. The quantitative estimate of drug-likeness (QED) is 0.383. The first-order valence-corrected chi connectivity index (χ1v) is 10.7. The summed E-state index contributed by atoms with van der Waals surface area (Å²) in [5.74, 6) is -1.91. The van der Waals surface area contributed by atoms with Crippen molar-refractivity contribution < 1.29 is 29.3 Å². The molecule has 0 bridgehead atoms. The third-order valence-corrected chi connectivity index (χ3v) is 4.17. The number of carbonyl (C=O) groups excluding carboxylic acids is 1. The molecule has 0 radical (unpaired) electrons. The molecule has 0 aliphatic rings. The highest BCUT2D eigenvalue weighted by molar-refractivity contribution is 6.34. The number of urea groups is 1. The maximum atomic E-state index is 12.3. The van der Waals surface area contributed by atoms with Gasteiger partial charge in [-0.3, -0.25) is 0 Å². The molecule has 0 saturated carbocycles. The second-order valence-corrected chi connectivity index (χ2v) is 7.71. The number of unbranched alkanes of at least 4 members (excludes halogenated alkanes) is 1. The molecule has 0 unspecified atom stereocenters. The van der Waals surface area contributed by atoms with Gasteiger partial charge in [-0.15, -0.1) is 0 Å². The minimum atomic E-state index is -1.26. The third kappa shape index (κ3) is 16.2. The van der Waals surface area contributed by atoms with Crippen molar-refractivity contribution in [3.8, 4) is 5.75 Å². The van der Waals surface area contributed by atoms with Crippen molar-refractivity contribution in [2.45, 2.75) is 19.8 Å². The Labute approximate surface area is 198 Å². The Bertz CT molecular complexity index is 723. The summed E-state index contributed by atoms with van der Waals surface area (Å²) in [4.78, 5) is 35.2. The molecule has 32 heavy (non-hydrogen) atoms. The smallest absolute Gasteiger partial charge is 0.328 e. The van der Waals surface area contributed by atoms with Crippen LogP contribution in [-0.2, 0) is 9.59 Å². The molecule has 11 heteroatoms. The highest BCUT2D eigenvalue weighted by Gasteiger charge is 2.12. The van der Waals surface area contributed by atoms with Crippen LogP contribution in [0.4, 0.5) is 4.79 Å². The van der Waals surface area contributed by atoms with Gasteiger partial charge in [0.25, 0.3) is 0 Å². The molecule has 1 rings (SSSR count). The second-order valence-electron chi connectivity index (χ2n) is 6.84. The van der Waals surface area contributed by atoms with Crippen LogP contribution in [0.3, 0.4) is 0 Å². The number of benzene rings is 1. The largest absolute Gasteiger partial charge is 0.492 e. The fraction of sp³-hybridized carbons (Fsp3) is 0.476. The van der Waals surface area contributed by atoms with Gasteiger partial charge in [-0.25, -0.2) is 14.4 Å². The molecular weight excluding hydrogens is 461 g/mol. The van der Waals surface area contributed by atoms with E-state index in [0.29, 0.717) is 54.2 Å². The number of nitrogens with one attached hydrogen (secondary N) is 1. The summed E-state index contributed by atoms with van der Waals surface area (Å²) in [5.41, 5.74) is 0. The van der Waals surface area contributed by atoms with E-state index in [1.54, 1.807) is 23.1 Å². The molecule has 0 heterocycles. The summed E-state index contributed by atoms with van der Waals surface area (Å²) in [7, 11) is 3.95. The third-order valence-electron chi connectivity index (χ3n) is 3.74. The average molecular weight is 492 g/mol. The molecule has 2 amide bonds. The number of amides is 2. The van der Waals surface area contributed by atoms with Crippen LogP contribution in [0.5, 0.6) is 5.75 Å². The zero-order valence-corrected chi connectivity index (χ0v) is 20.0. The number of hydrogen-bond donors (Lipinski definition) is 3. The number of likely N-dealkylation sites (N-methyl/N-ethyl adjacent to an activating group) is 1. The minimum absolute atomic E-state index is 0.0574. The molecule has 1 aromatic carbocycles. The number of aliphatic carboxylic acids is 2. The number of ether oxygens (including phenoxy) is 1. The van der Waals surface area contributed by atoms with Gasteiger partial charge in [-0.2, -0.15) is 0 Å². The molecular formula is C21H31Cl2N3O6. The number of carbonyl (C=O) groups is 3. The summed E-state index contributed by atoms with van der Waals surface area (Å²) in [6.45, 7) is 5.15. The highest BCUT2D eigenvalue weighted by Crippen LogP contribution is 2.24. The first-order chi connectivity index (χ1) is 15.0. The SMILES string of the molecule is CCCCN(CCOc1cc(Cl)cc(Cl)c1)C(=O)NCCN(C)C.O=C(O)C=CC(=O)O. The van der Waals surface area contributed by atoms with Crippen molar-refractivity contribution in [2.24, 2.45) is 0 Å². The number of halogens is 2. The maximum Gasteiger partial charge on any atom is 0.328 e. The van der Waals surface area contributed by atoms with E-state index in [9.17, 15) is 14.4 Å². The second kappa shape index (κ2) is 17.1. The lowest BCUT2D eigenvalue weighted by Gasteiger charge is -2.23. The van der Waals surface area contributed by atoms with E-state index >= 15 is 0 Å². The van der Waals surface area contributed by atoms with Crippen molar-refractivity contribution in [1.82, 2.24) is 15.1 Å². The van der Waals surface area contributed by atoms with E-state index in [2.05, 4.69) is 12.2 Å². The van der Waals surface area contributed by atoms with E-state index in [1.165, 1.54) is 0 Å². The van der Waals surface area contributed by atoms with E-state index in [0.717, 1.165) is 19.4 Å². The summed E-state index contributed by atoms with van der Waals surface area (Å²) in [6, 6.07) is 5.02. The number of nitrogens with zero attached hydrogens (tertiary/aromatic N) is 2. The molecule has 1 aromatic rings. The summed E-state index contributed by atoms with van der Waals surface area (Å²) < 4.78 is 5.67. The minimum Gasteiger partial charge on any atom is -0.492 e. The molecule has 0 fully saturated rings. The lowest BCUT2D eigenvalue weighted by Crippen LogP contribution is -2.44.